The van der Waals surface area contributed by atoms with Crippen LogP contribution in [-0.4, -0.2) is 137 Å². The van der Waals surface area contributed by atoms with Gasteiger partial charge >= 0.3 is 0 Å². The molecule has 0 atom stereocenters. The largest absolute Gasteiger partial charge is 0.378 e. The first-order valence-corrected chi connectivity index (χ1v) is 13.0. The molecule has 0 saturated carbocycles. The topological polar surface area (TPSA) is 95.1 Å². The Morgan fingerprint density at radius 1 is 0.441 bits per heavy atom. The Balaban J connectivity index is 1.61. The molecule has 10 nitrogen and oxygen atoms in total. The molecule has 0 radical (unpaired) electrons. The summed E-state index contributed by atoms with van der Waals surface area (Å²) in [4.78, 5) is 0. The monoisotopic (exact) mass is 515 g/mol. The molecule has 1 heterocycles. The quantitative estimate of drug-likeness (QED) is 0.127. The molecule has 0 spiro atoms. The lowest BCUT2D eigenvalue weighted by atomic mass is 10.1. The first kappa shape index (κ1) is 31.9. The Morgan fingerprint density at radius 2 is 0.735 bits per heavy atom. The average molecular weight is 516 g/mol. The van der Waals surface area contributed by atoms with Crippen LogP contribution in [0, 0.1) is 0 Å². The molecule has 0 amide bonds. The lowest BCUT2D eigenvalue weighted by Gasteiger charge is -2.22. The second-order valence-corrected chi connectivity index (χ2v) is 7.79. The summed E-state index contributed by atoms with van der Waals surface area (Å²) in [5.74, 6) is 0.504. The molecule has 0 aromatic heterocycles. The molecule has 1 fully saturated rings. The zero-order valence-corrected chi connectivity index (χ0v) is 21.4. The summed E-state index contributed by atoms with van der Waals surface area (Å²) in [5.41, 5.74) is 0. The maximum Gasteiger partial charge on any atom is 0.0704 e. The minimum atomic E-state index is 0.378. The molecule has 34 heavy (non-hydrogen) atoms. The van der Waals surface area contributed by atoms with Gasteiger partial charge in [0.05, 0.1) is 118 Å². The standard InChI is InChI=1S/C23H46ClNO9/c24-3-6-26-7-8-27-9-10-28-11-12-29-13-14-30-15-16-31-17-18-32-19-20-33-21-22-34-23-1-4-25-5-2-23/h23,25H,1-22H2. The minimum absolute atomic E-state index is 0.378. The molecule has 1 aliphatic rings. The van der Waals surface area contributed by atoms with Crippen LogP contribution < -0.4 is 5.32 Å². The van der Waals surface area contributed by atoms with Gasteiger partial charge in [0.25, 0.3) is 0 Å². The highest BCUT2D eigenvalue weighted by molar-refractivity contribution is 6.17. The second-order valence-electron chi connectivity index (χ2n) is 7.41. The van der Waals surface area contributed by atoms with Crippen molar-refractivity contribution >= 4 is 11.6 Å². The fourth-order valence-electron chi connectivity index (χ4n) is 2.93. The summed E-state index contributed by atoms with van der Waals surface area (Å²) in [6, 6.07) is 0. The zero-order chi connectivity index (χ0) is 24.2. The third-order valence-corrected chi connectivity index (χ3v) is 4.85. The van der Waals surface area contributed by atoms with E-state index in [9.17, 15) is 0 Å². The van der Waals surface area contributed by atoms with Crippen LogP contribution in [0.2, 0.25) is 0 Å². The molecule has 1 aliphatic heterocycles. The summed E-state index contributed by atoms with van der Waals surface area (Å²) in [6.07, 6.45) is 2.55. The average Bonchev–Trinajstić information content (AvgIpc) is 2.87. The molecular weight excluding hydrogens is 470 g/mol. The smallest absolute Gasteiger partial charge is 0.0704 e. The van der Waals surface area contributed by atoms with Gasteiger partial charge < -0.3 is 47.9 Å². The molecule has 1 N–H and O–H groups in total. The van der Waals surface area contributed by atoms with E-state index in [0.29, 0.717) is 124 Å². The molecule has 0 aromatic carbocycles. The van der Waals surface area contributed by atoms with E-state index in [1.54, 1.807) is 0 Å². The third kappa shape index (κ3) is 23.6. The number of nitrogens with one attached hydrogen (secondary N) is 1. The minimum Gasteiger partial charge on any atom is -0.378 e. The van der Waals surface area contributed by atoms with Crippen molar-refractivity contribution in [2.75, 3.05) is 131 Å². The van der Waals surface area contributed by atoms with Crippen LogP contribution in [0.25, 0.3) is 0 Å². The van der Waals surface area contributed by atoms with Gasteiger partial charge in [-0.25, -0.2) is 0 Å². The van der Waals surface area contributed by atoms with Crippen molar-refractivity contribution in [1.82, 2.24) is 5.32 Å². The summed E-state index contributed by atoms with van der Waals surface area (Å²) >= 11 is 5.50. The lowest BCUT2D eigenvalue weighted by Crippen LogP contribution is -2.33. The number of alkyl halides is 1. The van der Waals surface area contributed by atoms with Gasteiger partial charge in [0.1, 0.15) is 0 Å². The Kier molecular flexibility index (Phi) is 25.8. The van der Waals surface area contributed by atoms with Gasteiger partial charge in [-0.05, 0) is 25.9 Å². The number of rotatable bonds is 27. The van der Waals surface area contributed by atoms with Crippen LogP contribution >= 0.6 is 11.6 Å². The molecule has 0 unspecified atom stereocenters. The number of piperidine rings is 1. The van der Waals surface area contributed by atoms with Crippen LogP contribution in [0.3, 0.4) is 0 Å². The van der Waals surface area contributed by atoms with E-state index in [1.165, 1.54) is 0 Å². The number of hydrogen-bond donors (Lipinski definition) is 1. The van der Waals surface area contributed by atoms with E-state index < -0.39 is 0 Å². The Morgan fingerprint density at radius 3 is 1.06 bits per heavy atom. The van der Waals surface area contributed by atoms with Crippen molar-refractivity contribution in [3.8, 4) is 0 Å². The van der Waals surface area contributed by atoms with Crippen LogP contribution in [0.4, 0.5) is 0 Å². The van der Waals surface area contributed by atoms with Gasteiger partial charge in [-0.3, -0.25) is 0 Å². The van der Waals surface area contributed by atoms with E-state index in [1.807, 2.05) is 0 Å². The van der Waals surface area contributed by atoms with Gasteiger partial charge in [0, 0.05) is 5.88 Å². The fraction of sp³-hybridized carbons (Fsp3) is 1.00. The molecule has 204 valence electrons. The van der Waals surface area contributed by atoms with E-state index in [2.05, 4.69) is 5.32 Å². The summed E-state index contributed by atoms with van der Waals surface area (Å²) in [7, 11) is 0. The Bertz CT molecular complexity index is 393. The lowest BCUT2D eigenvalue weighted by molar-refractivity contribution is -0.0317. The van der Waals surface area contributed by atoms with Gasteiger partial charge in [-0.1, -0.05) is 0 Å². The Labute approximate surface area is 210 Å². The third-order valence-electron chi connectivity index (χ3n) is 4.69. The van der Waals surface area contributed by atoms with Crippen molar-refractivity contribution in [3.63, 3.8) is 0 Å². The zero-order valence-electron chi connectivity index (χ0n) is 20.7. The van der Waals surface area contributed by atoms with Crippen LogP contribution in [0.15, 0.2) is 0 Å². The first-order chi connectivity index (χ1) is 16.9. The van der Waals surface area contributed by atoms with Gasteiger partial charge in [-0.2, -0.15) is 0 Å². The van der Waals surface area contributed by atoms with E-state index >= 15 is 0 Å². The highest BCUT2D eigenvalue weighted by Crippen LogP contribution is 2.06. The molecule has 0 bridgehead atoms. The summed E-state index contributed by atoms with van der Waals surface area (Å²) < 4.78 is 49.1. The van der Waals surface area contributed by atoms with Crippen molar-refractivity contribution in [2.45, 2.75) is 18.9 Å². The van der Waals surface area contributed by atoms with Crippen LogP contribution in [-0.2, 0) is 42.6 Å². The van der Waals surface area contributed by atoms with Gasteiger partial charge in [0.2, 0.25) is 0 Å². The predicted octanol–water partition coefficient (Wildman–Crippen LogP) is 1.13. The molecule has 0 aliphatic carbocycles. The molecule has 0 aromatic rings. The maximum atomic E-state index is 5.77. The summed E-state index contributed by atoms with van der Waals surface area (Å²) in [6.45, 7) is 11.5. The number of hydrogen-bond acceptors (Lipinski definition) is 10. The van der Waals surface area contributed by atoms with Crippen LogP contribution in [0.5, 0.6) is 0 Å². The molecular formula is C23H46ClNO9. The summed E-state index contributed by atoms with van der Waals surface area (Å²) in [5, 5.41) is 3.32. The Hall–Kier alpha value is -0.110. The van der Waals surface area contributed by atoms with Crippen molar-refractivity contribution in [3.05, 3.63) is 0 Å². The van der Waals surface area contributed by atoms with E-state index in [0.717, 1.165) is 25.9 Å². The van der Waals surface area contributed by atoms with Crippen molar-refractivity contribution < 1.29 is 42.6 Å². The fourth-order valence-corrected chi connectivity index (χ4v) is 3.04. The highest BCUT2D eigenvalue weighted by Gasteiger charge is 2.12. The van der Waals surface area contributed by atoms with Crippen molar-refractivity contribution in [2.24, 2.45) is 0 Å². The SMILES string of the molecule is ClCCOCCOCCOCCOCCOCCOCCOCCOCCOC1CCNCC1. The second kappa shape index (κ2) is 27.5. The number of halogens is 1. The van der Waals surface area contributed by atoms with Crippen molar-refractivity contribution in [1.29, 1.82) is 0 Å². The van der Waals surface area contributed by atoms with Gasteiger partial charge in [-0.15, -0.1) is 11.6 Å². The van der Waals surface area contributed by atoms with E-state index in [4.69, 9.17) is 54.2 Å². The number of ether oxygens (including phenoxy) is 9. The normalized spacial score (nSPS) is 14.7. The van der Waals surface area contributed by atoms with E-state index in [-0.39, 0.29) is 0 Å². The van der Waals surface area contributed by atoms with Crippen LogP contribution in [0.1, 0.15) is 12.8 Å². The van der Waals surface area contributed by atoms with Gasteiger partial charge in [0.15, 0.2) is 0 Å². The molecule has 11 heteroatoms. The maximum absolute atomic E-state index is 5.77. The molecule has 1 saturated heterocycles. The highest BCUT2D eigenvalue weighted by atomic mass is 35.5. The predicted molar refractivity (Wildman–Crippen MR) is 129 cm³/mol. The first-order valence-electron chi connectivity index (χ1n) is 12.4. The molecule has 1 rings (SSSR count).